The normalized spacial score (nSPS) is 14.2. The maximum Gasteiger partial charge on any atom is 0.198 e. The zero-order valence-corrected chi connectivity index (χ0v) is 16.4. The van der Waals surface area contributed by atoms with Gasteiger partial charge in [-0.25, -0.2) is 34.6 Å². The van der Waals surface area contributed by atoms with Crippen molar-refractivity contribution in [3.63, 3.8) is 0 Å². The zero-order valence-electron chi connectivity index (χ0n) is 14.7. The minimum atomic E-state index is -2.03. The van der Waals surface area contributed by atoms with Gasteiger partial charge in [0.05, 0.1) is 20.8 Å². The van der Waals surface area contributed by atoms with Crippen molar-refractivity contribution in [3.05, 3.63) is 35.9 Å². The third kappa shape index (κ3) is 3.48. The van der Waals surface area contributed by atoms with E-state index in [1.165, 1.54) is 7.05 Å². The molecule has 11 N–H and O–H groups in total. The predicted octanol–water partition coefficient (Wildman–Crippen LogP) is -0.881. The third-order valence-electron chi connectivity index (χ3n) is 3.97. The monoisotopic (exact) mass is 421 g/mol. The molecule has 0 aliphatic rings. The van der Waals surface area contributed by atoms with Gasteiger partial charge in [0.1, 0.15) is 22.0 Å². The van der Waals surface area contributed by atoms with E-state index in [2.05, 4.69) is 25.3 Å². The summed E-state index contributed by atoms with van der Waals surface area (Å²) < 4.78 is 27.4. The number of H-pyrrole nitrogens is 1. The van der Waals surface area contributed by atoms with Crippen LogP contribution in [0.15, 0.2) is 45.2 Å². The second-order valence-electron chi connectivity index (χ2n) is 5.54. The van der Waals surface area contributed by atoms with E-state index in [1.807, 2.05) is 6.07 Å². The summed E-state index contributed by atoms with van der Waals surface area (Å²) in [5.41, 5.74) is 16.7. The first-order valence-electron chi connectivity index (χ1n) is 7.85. The van der Waals surface area contributed by atoms with Gasteiger partial charge in [-0.2, -0.15) is 0 Å². The molecule has 0 amide bonds. The molecule has 0 bridgehead atoms. The molecule has 3 aromatic rings. The van der Waals surface area contributed by atoms with Gasteiger partial charge in [0, 0.05) is 11.1 Å². The van der Waals surface area contributed by atoms with E-state index in [9.17, 15) is 8.42 Å². The van der Waals surface area contributed by atoms with Gasteiger partial charge in [-0.15, -0.1) is 5.10 Å². The Labute approximate surface area is 165 Å². The van der Waals surface area contributed by atoms with Crippen molar-refractivity contribution in [2.24, 2.45) is 21.8 Å². The standard InChI is InChI=1S/C15H19N9O2S2/c1-20-28(26)10-6-5-7(11(13(10)27(19)25)14(16)23-24-18)8-3-2-4-9-12(8)22-15(17)21-9/h2-6,20,24H,18-19H2,1H3,(H2,16,23)(H3,17,21,22). The van der Waals surface area contributed by atoms with Crippen LogP contribution >= 0.6 is 0 Å². The van der Waals surface area contributed by atoms with E-state index in [0.29, 0.717) is 22.2 Å². The fraction of sp³-hybridized carbons (Fsp3) is 0.0667. The number of hydrazine groups is 1. The van der Waals surface area contributed by atoms with Crippen LogP contribution < -0.4 is 32.7 Å². The van der Waals surface area contributed by atoms with Gasteiger partial charge in [0.15, 0.2) is 11.8 Å². The van der Waals surface area contributed by atoms with Crippen LogP contribution in [0.25, 0.3) is 22.2 Å². The average molecular weight is 422 g/mol. The van der Waals surface area contributed by atoms with Crippen LogP contribution in [-0.4, -0.2) is 31.3 Å². The summed E-state index contributed by atoms with van der Waals surface area (Å²) in [5, 5.41) is 9.51. The molecule has 28 heavy (non-hydrogen) atoms. The molecule has 13 heteroatoms. The molecule has 0 saturated heterocycles. The molecule has 0 spiro atoms. The number of amidine groups is 1. The molecule has 1 aromatic heterocycles. The van der Waals surface area contributed by atoms with Gasteiger partial charge in [-0.05, 0) is 24.7 Å². The highest BCUT2D eigenvalue weighted by molar-refractivity contribution is 7.86. The number of hydrogen-bond acceptors (Lipinski definition) is 7. The van der Waals surface area contributed by atoms with Crippen LogP contribution in [0, 0.1) is 0 Å². The van der Waals surface area contributed by atoms with Gasteiger partial charge in [-0.3, -0.25) is 0 Å². The maximum absolute atomic E-state index is 12.4. The Balaban J connectivity index is 2.44. The summed E-state index contributed by atoms with van der Waals surface area (Å²) in [6.07, 6.45) is 0. The molecule has 0 aliphatic heterocycles. The van der Waals surface area contributed by atoms with Gasteiger partial charge in [0.25, 0.3) is 0 Å². The summed E-state index contributed by atoms with van der Waals surface area (Å²) in [6, 6.07) is 8.64. The number of anilines is 1. The molecule has 3 rings (SSSR count). The Hall–Kier alpha value is -2.84. The molecule has 148 valence electrons. The van der Waals surface area contributed by atoms with Crippen LogP contribution in [0.3, 0.4) is 0 Å². The van der Waals surface area contributed by atoms with E-state index in [1.54, 1.807) is 24.3 Å². The molecule has 2 aromatic carbocycles. The average Bonchev–Trinajstić information content (AvgIpc) is 3.06. The minimum absolute atomic E-state index is 0.0715. The molecule has 0 radical (unpaired) electrons. The molecule has 2 unspecified atom stereocenters. The maximum atomic E-state index is 12.4. The number of hydrazone groups is 1. The van der Waals surface area contributed by atoms with Gasteiger partial charge in [0.2, 0.25) is 0 Å². The van der Waals surface area contributed by atoms with Crippen molar-refractivity contribution < 1.29 is 8.42 Å². The Morgan fingerprint density at radius 3 is 2.61 bits per heavy atom. The number of hydrogen-bond donors (Lipinski definition) is 7. The van der Waals surface area contributed by atoms with Crippen molar-refractivity contribution in [2.45, 2.75) is 9.79 Å². The summed E-state index contributed by atoms with van der Waals surface area (Å²) in [6.45, 7) is 0. The fourth-order valence-electron chi connectivity index (χ4n) is 2.89. The molecule has 1 heterocycles. The smallest absolute Gasteiger partial charge is 0.198 e. The second kappa shape index (κ2) is 8.04. The topological polar surface area (TPSA) is 203 Å². The summed E-state index contributed by atoms with van der Waals surface area (Å²) >= 11 is 0. The number of imidazole rings is 1. The number of nitrogens with two attached hydrogens (primary N) is 4. The number of nitrogens with zero attached hydrogens (tertiary/aromatic N) is 2. The fourth-order valence-corrected chi connectivity index (χ4v) is 4.73. The predicted molar refractivity (Wildman–Crippen MR) is 110 cm³/mol. The van der Waals surface area contributed by atoms with E-state index in [0.717, 1.165) is 0 Å². The first-order chi connectivity index (χ1) is 13.4. The van der Waals surface area contributed by atoms with Gasteiger partial charge < -0.3 is 16.5 Å². The van der Waals surface area contributed by atoms with Gasteiger partial charge >= 0.3 is 0 Å². The molecule has 0 fully saturated rings. The highest BCUT2D eigenvalue weighted by Gasteiger charge is 2.24. The van der Waals surface area contributed by atoms with Crippen LogP contribution in [-0.2, 0) is 22.0 Å². The SMILES string of the molecule is CNS(=O)c1ccc(-c2cccc3[nH]c(N)nc23)c(/C(N)=N/NN)c1S(N)=O. The lowest BCUT2D eigenvalue weighted by molar-refractivity contribution is 0.671. The van der Waals surface area contributed by atoms with Crippen LogP contribution in [0.4, 0.5) is 5.95 Å². The quantitative estimate of drug-likeness (QED) is 0.116. The number of aromatic amines is 1. The molecule has 0 saturated carbocycles. The first-order valence-corrected chi connectivity index (χ1v) is 10.2. The number of fused-ring (bicyclic) bond motifs is 1. The highest BCUT2D eigenvalue weighted by Crippen LogP contribution is 2.35. The van der Waals surface area contributed by atoms with E-state index < -0.39 is 22.0 Å². The molecular weight excluding hydrogens is 402 g/mol. The zero-order chi connectivity index (χ0) is 20.4. The first kappa shape index (κ1) is 19.9. The van der Waals surface area contributed by atoms with Crippen molar-refractivity contribution in [1.82, 2.24) is 20.2 Å². The number of rotatable bonds is 6. The number of nitrogens with one attached hydrogen (secondary N) is 3. The molecule has 2 atom stereocenters. The minimum Gasteiger partial charge on any atom is -0.382 e. The number of para-hydroxylation sites is 1. The number of nitrogen functional groups attached to an aromatic ring is 1. The van der Waals surface area contributed by atoms with Crippen LogP contribution in [0.2, 0.25) is 0 Å². The summed E-state index contributed by atoms with van der Waals surface area (Å²) in [7, 11) is -2.20. The molecular formula is C15H19N9O2S2. The summed E-state index contributed by atoms with van der Waals surface area (Å²) in [5.74, 6) is 5.43. The molecule has 0 aliphatic carbocycles. The van der Waals surface area contributed by atoms with Gasteiger partial charge in [-0.1, -0.05) is 18.2 Å². The molecule has 11 nitrogen and oxygen atoms in total. The van der Waals surface area contributed by atoms with Crippen molar-refractivity contribution in [2.75, 3.05) is 12.8 Å². The van der Waals surface area contributed by atoms with Crippen molar-refractivity contribution in [1.29, 1.82) is 0 Å². The number of benzene rings is 2. The Bertz CT molecular complexity index is 1130. The van der Waals surface area contributed by atoms with Crippen LogP contribution in [0.1, 0.15) is 5.56 Å². The van der Waals surface area contributed by atoms with E-state index in [-0.39, 0.29) is 27.1 Å². The Morgan fingerprint density at radius 1 is 1.21 bits per heavy atom. The number of aromatic nitrogens is 2. The largest absolute Gasteiger partial charge is 0.382 e. The van der Waals surface area contributed by atoms with Crippen molar-refractivity contribution >= 4 is 44.8 Å². The Morgan fingerprint density at radius 2 is 1.96 bits per heavy atom. The summed E-state index contributed by atoms with van der Waals surface area (Å²) in [4.78, 5) is 7.54. The lowest BCUT2D eigenvalue weighted by Crippen LogP contribution is -2.27. The third-order valence-corrected chi connectivity index (χ3v) is 6.04. The lowest BCUT2D eigenvalue weighted by atomic mass is 9.97. The lowest BCUT2D eigenvalue weighted by Gasteiger charge is -2.17. The second-order valence-corrected chi connectivity index (χ2v) is 7.92. The van der Waals surface area contributed by atoms with E-state index in [4.69, 9.17) is 22.4 Å². The van der Waals surface area contributed by atoms with E-state index >= 15 is 0 Å². The Kier molecular flexibility index (Phi) is 5.71. The van der Waals surface area contributed by atoms with Crippen LogP contribution in [0.5, 0.6) is 0 Å². The highest BCUT2D eigenvalue weighted by atomic mass is 32.2. The van der Waals surface area contributed by atoms with Crippen molar-refractivity contribution in [3.8, 4) is 11.1 Å².